The second kappa shape index (κ2) is 8.30. The molecule has 0 saturated heterocycles. The van der Waals surface area contributed by atoms with Gasteiger partial charge >= 0.3 is 0 Å². The molecule has 0 atom stereocenters. The van der Waals surface area contributed by atoms with Crippen molar-refractivity contribution in [3.63, 3.8) is 0 Å². The van der Waals surface area contributed by atoms with Crippen LogP contribution in [0.3, 0.4) is 0 Å². The Morgan fingerprint density at radius 3 is 2.11 bits per heavy atom. The fraction of sp³-hybridized carbons (Fsp3) is 0.304. The van der Waals surface area contributed by atoms with Crippen LogP contribution in [0.4, 0.5) is 11.4 Å². The van der Waals surface area contributed by atoms with E-state index in [4.69, 9.17) is 10.3 Å². The molecule has 0 aliphatic rings. The van der Waals surface area contributed by atoms with Gasteiger partial charge in [-0.15, -0.1) is 0 Å². The smallest absolute Gasteiger partial charge is 0.230 e. The molecule has 1 aromatic heterocycles. The average Bonchev–Trinajstić information content (AvgIpc) is 3.11. The van der Waals surface area contributed by atoms with Gasteiger partial charge in [0.1, 0.15) is 5.76 Å². The van der Waals surface area contributed by atoms with Gasteiger partial charge in [0.25, 0.3) is 0 Å². The predicted molar refractivity (Wildman–Crippen MR) is 112 cm³/mol. The van der Waals surface area contributed by atoms with E-state index in [2.05, 4.69) is 22.6 Å². The van der Waals surface area contributed by atoms with E-state index in [0.29, 0.717) is 5.69 Å². The minimum Gasteiger partial charge on any atom is -0.399 e. The van der Waals surface area contributed by atoms with Crippen molar-refractivity contribution in [2.45, 2.75) is 45.4 Å². The number of aryl methyl sites for hydroxylation is 2. The standard InChI is InChI=1S/C23H27N3O2/c1-23(2,3)21-14-20(26-28-21)15-22(27)25-19-12-8-17(9-13-19)5-4-16-6-10-18(24)11-7-16/h6-14H,4-5,15,24H2,1-3H3,(H,25,27). The summed E-state index contributed by atoms with van der Waals surface area (Å²) >= 11 is 0. The first-order valence-corrected chi connectivity index (χ1v) is 9.49. The summed E-state index contributed by atoms with van der Waals surface area (Å²) in [5.74, 6) is 0.670. The summed E-state index contributed by atoms with van der Waals surface area (Å²) in [7, 11) is 0. The topological polar surface area (TPSA) is 81.2 Å². The van der Waals surface area contributed by atoms with Gasteiger partial charge in [0.2, 0.25) is 5.91 Å². The molecule has 0 radical (unpaired) electrons. The van der Waals surface area contributed by atoms with E-state index in [1.54, 1.807) is 0 Å². The zero-order valence-corrected chi connectivity index (χ0v) is 16.7. The van der Waals surface area contributed by atoms with Crippen LogP contribution in [0.25, 0.3) is 0 Å². The number of anilines is 2. The SMILES string of the molecule is CC(C)(C)c1cc(CC(=O)Nc2ccc(CCc3ccc(N)cc3)cc2)no1. The molecular weight excluding hydrogens is 350 g/mol. The van der Waals surface area contributed by atoms with Crippen LogP contribution < -0.4 is 11.1 Å². The molecule has 3 rings (SSSR count). The summed E-state index contributed by atoms with van der Waals surface area (Å²) in [5.41, 5.74) is 10.3. The summed E-state index contributed by atoms with van der Waals surface area (Å²) < 4.78 is 5.33. The molecule has 146 valence electrons. The number of rotatable bonds is 6. The van der Waals surface area contributed by atoms with Crippen LogP contribution >= 0.6 is 0 Å². The molecule has 28 heavy (non-hydrogen) atoms. The number of nitrogens with one attached hydrogen (secondary N) is 1. The van der Waals surface area contributed by atoms with E-state index in [-0.39, 0.29) is 17.7 Å². The van der Waals surface area contributed by atoms with E-state index in [1.807, 2.05) is 63.2 Å². The van der Waals surface area contributed by atoms with E-state index < -0.39 is 0 Å². The van der Waals surface area contributed by atoms with E-state index in [9.17, 15) is 4.79 Å². The molecule has 0 fully saturated rings. The lowest BCUT2D eigenvalue weighted by molar-refractivity contribution is -0.115. The Hall–Kier alpha value is -3.08. The van der Waals surface area contributed by atoms with Gasteiger partial charge in [0.05, 0.1) is 12.1 Å². The van der Waals surface area contributed by atoms with Gasteiger partial charge in [0, 0.05) is 22.9 Å². The van der Waals surface area contributed by atoms with Gasteiger partial charge in [0.15, 0.2) is 0 Å². The Morgan fingerprint density at radius 2 is 1.57 bits per heavy atom. The number of hydrogen-bond acceptors (Lipinski definition) is 4. The van der Waals surface area contributed by atoms with Crippen molar-refractivity contribution in [1.82, 2.24) is 5.16 Å². The summed E-state index contributed by atoms with van der Waals surface area (Å²) in [6.45, 7) is 6.14. The summed E-state index contributed by atoms with van der Waals surface area (Å²) in [4.78, 5) is 12.3. The lowest BCUT2D eigenvalue weighted by atomic mass is 9.93. The lowest BCUT2D eigenvalue weighted by Crippen LogP contribution is -2.14. The molecule has 2 aromatic carbocycles. The molecule has 0 aliphatic heterocycles. The molecule has 0 spiro atoms. The van der Waals surface area contributed by atoms with E-state index in [1.165, 1.54) is 11.1 Å². The summed E-state index contributed by atoms with van der Waals surface area (Å²) in [6, 6.07) is 17.7. The minimum absolute atomic E-state index is 0.108. The maximum atomic E-state index is 12.3. The lowest BCUT2D eigenvalue weighted by Gasteiger charge is -2.12. The number of nitrogens with zero attached hydrogens (tertiary/aromatic N) is 1. The van der Waals surface area contributed by atoms with Crippen molar-refractivity contribution >= 4 is 17.3 Å². The van der Waals surface area contributed by atoms with Gasteiger partial charge in [-0.25, -0.2) is 0 Å². The van der Waals surface area contributed by atoms with Crippen LogP contribution in [-0.2, 0) is 29.5 Å². The highest BCUT2D eigenvalue weighted by Crippen LogP contribution is 2.23. The van der Waals surface area contributed by atoms with Crippen molar-refractivity contribution in [2.75, 3.05) is 11.1 Å². The second-order valence-electron chi connectivity index (χ2n) is 8.10. The van der Waals surface area contributed by atoms with Gasteiger partial charge in [-0.2, -0.15) is 0 Å². The number of nitrogens with two attached hydrogens (primary N) is 1. The van der Waals surface area contributed by atoms with Gasteiger partial charge < -0.3 is 15.6 Å². The maximum Gasteiger partial charge on any atom is 0.230 e. The molecule has 0 aliphatic carbocycles. The molecule has 3 N–H and O–H groups in total. The van der Waals surface area contributed by atoms with Gasteiger partial charge in [-0.3, -0.25) is 4.79 Å². The average molecular weight is 377 g/mol. The Balaban J connectivity index is 1.51. The first kappa shape index (κ1) is 19.7. The fourth-order valence-electron chi connectivity index (χ4n) is 2.85. The van der Waals surface area contributed by atoms with Gasteiger partial charge in [-0.05, 0) is 48.2 Å². The van der Waals surface area contributed by atoms with Crippen LogP contribution in [0.2, 0.25) is 0 Å². The molecule has 0 bridgehead atoms. The molecule has 0 unspecified atom stereocenters. The largest absolute Gasteiger partial charge is 0.399 e. The molecule has 0 saturated carbocycles. The van der Waals surface area contributed by atoms with Crippen molar-refractivity contribution in [1.29, 1.82) is 0 Å². The predicted octanol–water partition coefficient (Wildman–Crippen LogP) is 4.52. The number of hydrogen-bond donors (Lipinski definition) is 2. The third-order valence-corrected chi connectivity index (χ3v) is 4.56. The quantitative estimate of drug-likeness (QED) is 0.619. The maximum absolute atomic E-state index is 12.3. The second-order valence-corrected chi connectivity index (χ2v) is 8.10. The van der Waals surface area contributed by atoms with Crippen molar-refractivity contribution in [2.24, 2.45) is 0 Å². The third-order valence-electron chi connectivity index (χ3n) is 4.56. The molecule has 1 amide bonds. The van der Waals surface area contributed by atoms with E-state index >= 15 is 0 Å². The number of carbonyl (C=O) groups is 1. The Kier molecular flexibility index (Phi) is 5.83. The monoisotopic (exact) mass is 377 g/mol. The highest BCUT2D eigenvalue weighted by molar-refractivity contribution is 5.92. The normalized spacial score (nSPS) is 11.4. The highest BCUT2D eigenvalue weighted by atomic mass is 16.5. The van der Waals surface area contributed by atoms with Crippen LogP contribution in [0.1, 0.15) is 43.4 Å². The van der Waals surface area contributed by atoms with Crippen molar-refractivity contribution in [3.8, 4) is 0 Å². The molecule has 5 heteroatoms. The zero-order chi connectivity index (χ0) is 20.1. The Labute approximate surface area is 165 Å². The number of nitrogen functional groups attached to an aromatic ring is 1. The first-order valence-electron chi connectivity index (χ1n) is 9.49. The summed E-state index contributed by atoms with van der Waals surface area (Å²) in [5, 5.41) is 6.90. The number of benzene rings is 2. The first-order chi connectivity index (χ1) is 13.3. The van der Waals surface area contributed by atoms with Crippen LogP contribution in [0.15, 0.2) is 59.1 Å². The Morgan fingerprint density at radius 1 is 1.00 bits per heavy atom. The molecular formula is C23H27N3O2. The van der Waals surface area contributed by atoms with Gasteiger partial charge in [-0.1, -0.05) is 50.2 Å². The van der Waals surface area contributed by atoms with E-state index in [0.717, 1.165) is 30.0 Å². The number of carbonyl (C=O) groups excluding carboxylic acids is 1. The van der Waals surface area contributed by atoms with Crippen molar-refractivity contribution in [3.05, 3.63) is 77.2 Å². The molecule has 5 nitrogen and oxygen atoms in total. The molecule has 3 aromatic rings. The van der Waals surface area contributed by atoms with Crippen LogP contribution in [0, 0.1) is 0 Å². The number of aromatic nitrogens is 1. The number of amides is 1. The molecule has 1 heterocycles. The van der Waals surface area contributed by atoms with Crippen LogP contribution in [0.5, 0.6) is 0 Å². The van der Waals surface area contributed by atoms with Crippen LogP contribution in [-0.4, -0.2) is 11.1 Å². The minimum atomic E-state index is -0.121. The fourth-order valence-corrected chi connectivity index (χ4v) is 2.85. The Bertz CT molecular complexity index is 920. The zero-order valence-electron chi connectivity index (χ0n) is 16.7. The highest BCUT2D eigenvalue weighted by Gasteiger charge is 2.20. The third kappa shape index (κ3) is 5.46. The summed E-state index contributed by atoms with van der Waals surface area (Å²) in [6.07, 6.45) is 2.08. The van der Waals surface area contributed by atoms with Crippen molar-refractivity contribution < 1.29 is 9.32 Å².